The molecule has 1 aliphatic heterocycles. The van der Waals surface area contributed by atoms with Crippen molar-refractivity contribution < 1.29 is 18.9 Å². The van der Waals surface area contributed by atoms with Crippen LogP contribution in [0.15, 0.2) is 101 Å². The zero-order chi connectivity index (χ0) is 29.2. The number of aromatic amines is 1. The van der Waals surface area contributed by atoms with Gasteiger partial charge in [0.2, 0.25) is 14.4 Å². The Morgan fingerprint density at radius 1 is 1.02 bits per heavy atom. The van der Waals surface area contributed by atoms with Gasteiger partial charge in [0.15, 0.2) is 0 Å². The van der Waals surface area contributed by atoms with Crippen molar-refractivity contribution in [3.8, 4) is 5.75 Å². The first-order valence-electron chi connectivity index (χ1n) is 13.1. The topological polar surface area (TPSA) is 141 Å². The Balaban J connectivity index is 1.82. The number of rotatable bonds is 9. The Labute approximate surface area is 238 Å². The number of nitrogens with one attached hydrogen (secondary N) is 2. The van der Waals surface area contributed by atoms with E-state index in [0.29, 0.717) is 11.3 Å². The lowest BCUT2D eigenvalue weighted by Crippen LogP contribution is -2.61. The zero-order valence-electron chi connectivity index (χ0n) is 23.0. The van der Waals surface area contributed by atoms with E-state index in [9.17, 15) is 14.5 Å². The molecule has 3 aromatic carbocycles. The molecule has 5 rings (SSSR count). The van der Waals surface area contributed by atoms with Crippen LogP contribution in [-0.2, 0) is 20.6 Å². The summed E-state index contributed by atoms with van der Waals surface area (Å²) in [5, 5.41) is 3.75. The van der Waals surface area contributed by atoms with Crippen molar-refractivity contribution in [3.05, 3.63) is 134 Å². The van der Waals surface area contributed by atoms with Crippen LogP contribution in [0, 0.1) is 6.92 Å². The van der Waals surface area contributed by atoms with Crippen molar-refractivity contribution in [3.63, 3.8) is 0 Å². The van der Waals surface area contributed by atoms with Crippen LogP contribution in [0.5, 0.6) is 5.75 Å². The predicted molar refractivity (Wildman–Crippen MR) is 156 cm³/mol. The van der Waals surface area contributed by atoms with Crippen LogP contribution >= 0.6 is 8.53 Å². The molecule has 5 N–H and O–H groups in total. The van der Waals surface area contributed by atoms with E-state index in [2.05, 4.69) is 10.3 Å². The minimum absolute atomic E-state index is 0.0910. The van der Waals surface area contributed by atoms with Gasteiger partial charge in [-0.05, 0) is 42.7 Å². The van der Waals surface area contributed by atoms with Crippen LogP contribution in [0.2, 0.25) is 0 Å². The number of methoxy groups -OCH3 is 1. The molecule has 0 radical (unpaired) electrons. The van der Waals surface area contributed by atoms with Crippen LogP contribution in [0.1, 0.15) is 35.6 Å². The van der Waals surface area contributed by atoms with Gasteiger partial charge in [0.1, 0.15) is 5.75 Å². The highest BCUT2D eigenvalue weighted by molar-refractivity contribution is 7.43. The van der Waals surface area contributed by atoms with Crippen LogP contribution in [0.25, 0.3) is 0 Å². The van der Waals surface area contributed by atoms with E-state index in [4.69, 9.17) is 19.5 Å². The number of hydrogen-bond acceptors (Lipinski definition) is 8. The number of H-pyrrole nitrogens is 1. The second-order valence-corrected chi connectivity index (χ2v) is 10.9. The van der Waals surface area contributed by atoms with Crippen molar-refractivity contribution >= 4 is 8.53 Å². The molecule has 0 aliphatic carbocycles. The maximum atomic E-state index is 13.5. The molecule has 1 aliphatic rings. The first-order valence-corrected chi connectivity index (χ1v) is 14.4. The Kier molecular flexibility index (Phi) is 8.24. The lowest BCUT2D eigenvalue weighted by atomic mass is 9.76. The monoisotopic (exact) mass is 576 g/mol. The normalized spacial score (nSPS) is 21.5. The van der Waals surface area contributed by atoms with E-state index < -0.39 is 43.4 Å². The number of ether oxygens (including phenoxy) is 2. The molecular weight excluding hydrogens is 543 g/mol. The quantitative estimate of drug-likeness (QED) is 0.176. The Morgan fingerprint density at radius 2 is 1.59 bits per heavy atom. The third kappa shape index (κ3) is 5.50. The Morgan fingerprint density at radius 3 is 2.12 bits per heavy atom. The minimum Gasteiger partial charge on any atom is -0.497 e. The molecular formula is C30H33N4O6P. The standard InChI is InChI=1S/C30H33N4O6P/c1-20-19-34(28(36)32-27(20)35)29(18-26(21(2)39-29)40-41(31)37)33-30(22-10-6-4-7-11-22,23-12-8-5-9-13-23)24-14-16-25(38-3)17-15-24/h4-17,19,21,26,33,37H,18,31H2,1-3H3,(H,32,35,36)/t21-,26+,29+,41?/m1/s1. The van der Waals surface area contributed by atoms with E-state index in [1.54, 1.807) is 21.0 Å². The van der Waals surface area contributed by atoms with Crippen LogP contribution in [0.3, 0.4) is 0 Å². The summed E-state index contributed by atoms with van der Waals surface area (Å²) in [4.78, 5) is 38.2. The molecule has 10 nitrogen and oxygen atoms in total. The summed E-state index contributed by atoms with van der Waals surface area (Å²) >= 11 is 0. The number of aromatic nitrogens is 2. The van der Waals surface area contributed by atoms with Gasteiger partial charge in [-0.1, -0.05) is 72.8 Å². The fraction of sp³-hybridized carbons (Fsp3) is 0.267. The first kappa shape index (κ1) is 28.9. The van der Waals surface area contributed by atoms with E-state index in [-0.39, 0.29) is 6.42 Å². The molecule has 1 fully saturated rings. The number of nitrogens with zero attached hydrogens (tertiary/aromatic N) is 1. The molecule has 0 spiro atoms. The van der Waals surface area contributed by atoms with Crippen molar-refractivity contribution in [1.29, 1.82) is 0 Å². The van der Waals surface area contributed by atoms with Gasteiger partial charge in [-0.25, -0.2) is 4.79 Å². The molecule has 41 heavy (non-hydrogen) atoms. The highest BCUT2D eigenvalue weighted by Gasteiger charge is 2.54. The zero-order valence-corrected chi connectivity index (χ0v) is 23.9. The summed E-state index contributed by atoms with van der Waals surface area (Å²) in [6.45, 7) is 3.41. The van der Waals surface area contributed by atoms with E-state index in [1.165, 1.54) is 10.8 Å². The number of hydrogen-bond donors (Lipinski definition) is 4. The van der Waals surface area contributed by atoms with Gasteiger partial charge in [-0.3, -0.25) is 25.2 Å². The molecule has 1 aromatic heterocycles. The fourth-order valence-electron chi connectivity index (χ4n) is 5.49. The Bertz CT molecular complexity index is 1550. The minimum atomic E-state index is -2.20. The second kappa shape index (κ2) is 11.7. The number of benzene rings is 3. The summed E-state index contributed by atoms with van der Waals surface area (Å²) in [5.41, 5.74) is 6.32. The second-order valence-electron chi connectivity index (χ2n) is 10.0. The fourth-order valence-corrected chi connectivity index (χ4v) is 6.01. The summed E-state index contributed by atoms with van der Waals surface area (Å²) in [6, 6.07) is 27.3. The average molecular weight is 577 g/mol. The third-order valence-corrected chi connectivity index (χ3v) is 7.94. The predicted octanol–water partition coefficient (Wildman–Crippen LogP) is 3.42. The van der Waals surface area contributed by atoms with Crippen LogP contribution < -0.4 is 26.8 Å². The SMILES string of the molecule is COc1ccc(C(N[C@]2(n3cc(C)c(=O)[nH]c3=O)C[C@H](OP(N)O)[C@@H](C)O2)(c2ccccc2)c2ccccc2)cc1. The van der Waals surface area contributed by atoms with Gasteiger partial charge in [-0.2, -0.15) is 0 Å². The van der Waals surface area contributed by atoms with Crippen molar-refractivity contribution in [2.75, 3.05) is 7.11 Å². The van der Waals surface area contributed by atoms with Crippen molar-refractivity contribution in [1.82, 2.24) is 14.9 Å². The molecule has 11 heteroatoms. The number of nitrogens with two attached hydrogens (primary N) is 1. The molecule has 1 saturated heterocycles. The summed E-state index contributed by atoms with van der Waals surface area (Å²) in [5.74, 6) is -0.864. The summed E-state index contributed by atoms with van der Waals surface area (Å²) in [6.07, 6.45) is 0.320. The first-order chi connectivity index (χ1) is 19.7. The molecule has 4 atom stereocenters. The van der Waals surface area contributed by atoms with Gasteiger partial charge in [0, 0.05) is 18.2 Å². The van der Waals surface area contributed by atoms with Gasteiger partial charge in [-0.15, -0.1) is 0 Å². The lowest BCUT2D eigenvalue weighted by molar-refractivity contribution is -0.135. The average Bonchev–Trinajstić information content (AvgIpc) is 3.29. The van der Waals surface area contributed by atoms with Gasteiger partial charge < -0.3 is 18.9 Å². The smallest absolute Gasteiger partial charge is 0.331 e. The number of aryl methyl sites for hydroxylation is 1. The van der Waals surface area contributed by atoms with E-state index in [0.717, 1.165) is 16.7 Å². The maximum absolute atomic E-state index is 13.5. The molecule has 0 bridgehead atoms. The highest BCUT2D eigenvalue weighted by atomic mass is 31.2. The Hall–Kier alpha value is -3.63. The van der Waals surface area contributed by atoms with Crippen molar-refractivity contribution in [2.45, 2.75) is 43.9 Å². The molecule has 0 saturated carbocycles. The maximum Gasteiger partial charge on any atom is 0.331 e. The molecule has 1 unspecified atom stereocenters. The molecule has 4 aromatic rings. The lowest BCUT2D eigenvalue weighted by Gasteiger charge is -2.45. The van der Waals surface area contributed by atoms with Crippen LogP contribution in [0.4, 0.5) is 0 Å². The van der Waals surface area contributed by atoms with Gasteiger partial charge >= 0.3 is 5.69 Å². The molecule has 0 amide bonds. The third-order valence-electron chi connectivity index (χ3n) is 7.45. The van der Waals surface area contributed by atoms with Gasteiger partial charge in [0.05, 0.1) is 24.9 Å². The van der Waals surface area contributed by atoms with Crippen molar-refractivity contribution in [2.24, 2.45) is 5.50 Å². The molecule has 2 heterocycles. The van der Waals surface area contributed by atoms with E-state index >= 15 is 0 Å². The van der Waals surface area contributed by atoms with Gasteiger partial charge in [0.25, 0.3) is 5.56 Å². The van der Waals surface area contributed by atoms with Crippen LogP contribution in [-0.4, -0.2) is 33.8 Å². The summed E-state index contributed by atoms with van der Waals surface area (Å²) in [7, 11) is -0.597. The highest BCUT2D eigenvalue weighted by Crippen LogP contribution is 2.45. The molecule has 214 valence electrons. The summed E-state index contributed by atoms with van der Waals surface area (Å²) < 4.78 is 19.1. The van der Waals surface area contributed by atoms with E-state index in [1.807, 2.05) is 84.9 Å². The largest absolute Gasteiger partial charge is 0.497 e.